The highest BCUT2D eigenvalue weighted by Crippen LogP contribution is 2.24. The molecule has 0 spiro atoms. The highest BCUT2D eigenvalue weighted by Gasteiger charge is 2.20. The summed E-state index contributed by atoms with van der Waals surface area (Å²) in [5, 5.41) is 4.02. The summed E-state index contributed by atoms with van der Waals surface area (Å²) >= 11 is 0. The summed E-state index contributed by atoms with van der Waals surface area (Å²) in [5.41, 5.74) is 10.6. The van der Waals surface area contributed by atoms with E-state index in [1.165, 1.54) is 17.7 Å². The lowest BCUT2D eigenvalue weighted by molar-refractivity contribution is 0.614. The fourth-order valence-corrected chi connectivity index (χ4v) is 4.24. The molecule has 0 bridgehead atoms. The molecule has 3 N–H and O–H groups in total. The van der Waals surface area contributed by atoms with Crippen LogP contribution in [0.15, 0.2) is 66.3 Å². The molecule has 0 aliphatic carbocycles. The van der Waals surface area contributed by atoms with Crippen molar-refractivity contribution in [3.8, 4) is 0 Å². The average Bonchev–Trinajstić information content (AvgIpc) is 3.16. The van der Waals surface area contributed by atoms with Crippen molar-refractivity contribution >= 4 is 29.9 Å². The Kier molecular flexibility index (Phi) is 7.30. The lowest BCUT2D eigenvalue weighted by Crippen LogP contribution is -2.35. The largest absolute Gasteiger partial charge is 0.396 e. The number of allylic oxidation sites excluding steroid dienone is 4. The standard InChI is InChI=1S/C29H30F2N4/c1-4-6-11-20(10-5-2)16-25-19(3)35-18-27(22-13-9-15-24(32)28(22)31)33-26(29(35)34-25)17-21-12-7-8-14-23(21)30/h4,6-9,11-15,18,33H,3,5,10,16-17,32H2,1-2H3/b6-4-,20-11+. The molecule has 0 atom stereocenters. The minimum Gasteiger partial charge on any atom is -0.396 e. The molecule has 35 heavy (non-hydrogen) atoms. The van der Waals surface area contributed by atoms with Crippen molar-refractivity contribution in [2.24, 2.45) is 0 Å². The van der Waals surface area contributed by atoms with Gasteiger partial charge < -0.3 is 11.1 Å². The number of benzene rings is 2. The molecule has 1 aliphatic rings. The number of halogens is 2. The molecule has 2 aromatic carbocycles. The van der Waals surface area contributed by atoms with Gasteiger partial charge in [0.1, 0.15) is 5.82 Å². The first-order valence-corrected chi connectivity index (χ1v) is 11.8. The van der Waals surface area contributed by atoms with E-state index >= 15 is 0 Å². The van der Waals surface area contributed by atoms with Gasteiger partial charge in [0.15, 0.2) is 11.3 Å². The lowest BCUT2D eigenvalue weighted by Gasteiger charge is -2.20. The van der Waals surface area contributed by atoms with E-state index in [2.05, 4.69) is 24.9 Å². The van der Waals surface area contributed by atoms with Crippen LogP contribution in [0.4, 0.5) is 14.5 Å². The molecular formula is C29H30F2N4. The molecule has 2 heterocycles. The number of nitrogens with two attached hydrogens (primary N) is 1. The maximum absolute atomic E-state index is 14.9. The Hall–Kier alpha value is -3.93. The van der Waals surface area contributed by atoms with Crippen LogP contribution in [0.1, 0.15) is 43.5 Å². The molecule has 0 unspecified atom stereocenters. The third-order valence-corrected chi connectivity index (χ3v) is 6.04. The van der Waals surface area contributed by atoms with Gasteiger partial charge in [0.05, 0.1) is 28.1 Å². The van der Waals surface area contributed by atoms with Crippen molar-refractivity contribution in [1.82, 2.24) is 14.9 Å². The molecule has 4 rings (SSSR count). The minimum absolute atomic E-state index is 0.0612. The Morgan fingerprint density at radius 1 is 1.17 bits per heavy atom. The van der Waals surface area contributed by atoms with Crippen LogP contribution in [-0.2, 0) is 12.8 Å². The normalized spacial score (nSPS) is 13.7. The highest BCUT2D eigenvalue weighted by molar-refractivity contribution is 5.82. The number of hydrogen-bond acceptors (Lipinski definition) is 3. The van der Waals surface area contributed by atoms with E-state index in [-0.39, 0.29) is 17.9 Å². The quantitative estimate of drug-likeness (QED) is 0.362. The summed E-state index contributed by atoms with van der Waals surface area (Å²) in [7, 11) is 0. The molecule has 6 heteroatoms. The molecule has 0 radical (unpaired) electrons. The van der Waals surface area contributed by atoms with Gasteiger partial charge in [-0.05, 0) is 37.1 Å². The number of anilines is 1. The van der Waals surface area contributed by atoms with Crippen molar-refractivity contribution in [1.29, 1.82) is 0 Å². The van der Waals surface area contributed by atoms with Gasteiger partial charge in [0.25, 0.3) is 0 Å². The van der Waals surface area contributed by atoms with Crippen LogP contribution in [0, 0.1) is 11.6 Å². The molecule has 180 valence electrons. The SMILES string of the molecule is C=c1c(C/C(=C/C=C\C)CCC)nc2n1C=C(c1cccc(N)c1F)NC=2Cc1ccccc1F. The van der Waals surface area contributed by atoms with Gasteiger partial charge in [-0.3, -0.25) is 4.57 Å². The number of nitrogens with zero attached hydrogens (tertiary/aromatic N) is 2. The molecule has 3 aromatic rings. The molecule has 1 aliphatic heterocycles. The molecule has 1 aromatic heterocycles. The molecule has 0 fully saturated rings. The van der Waals surface area contributed by atoms with Crippen LogP contribution in [0.2, 0.25) is 0 Å². The number of nitrogens with one attached hydrogen (secondary N) is 1. The molecule has 0 amide bonds. The molecule has 0 saturated heterocycles. The summed E-state index contributed by atoms with van der Waals surface area (Å²) in [6.45, 7) is 8.42. The summed E-state index contributed by atoms with van der Waals surface area (Å²) in [4.78, 5) is 4.91. The Bertz CT molecular complexity index is 1440. The summed E-state index contributed by atoms with van der Waals surface area (Å²) in [6.07, 6.45) is 10.8. The Balaban J connectivity index is 1.86. The zero-order valence-electron chi connectivity index (χ0n) is 20.1. The first kappa shape index (κ1) is 24.2. The van der Waals surface area contributed by atoms with Crippen LogP contribution >= 0.6 is 0 Å². The zero-order valence-corrected chi connectivity index (χ0v) is 20.1. The van der Waals surface area contributed by atoms with Gasteiger partial charge in [0.2, 0.25) is 0 Å². The van der Waals surface area contributed by atoms with Gasteiger partial charge in [-0.25, -0.2) is 13.8 Å². The maximum Gasteiger partial charge on any atom is 0.157 e. The predicted molar refractivity (Wildman–Crippen MR) is 140 cm³/mol. The number of hydrogen-bond donors (Lipinski definition) is 2. The van der Waals surface area contributed by atoms with E-state index in [4.69, 9.17) is 10.7 Å². The van der Waals surface area contributed by atoms with Gasteiger partial charge in [-0.1, -0.05) is 68.0 Å². The Labute approximate surface area is 204 Å². The smallest absolute Gasteiger partial charge is 0.157 e. The predicted octanol–water partition coefficient (Wildman–Crippen LogP) is 4.91. The fraction of sp³-hybridized carbons (Fsp3) is 0.207. The highest BCUT2D eigenvalue weighted by atomic mass is 19.1. The average molecular weight is 473 g/mol. The van der Waals surface area contributed by atoms with E-state index in [1.807, 2.05) is 23.6 Å². The van der Waals surface area contributed by atoms with Crippen LogP contribution in [-0.4, -0.2) is 9.55 Å². The number of imidazole rings is 1. The van der Waals surface area contributed by atoms with Gasteiger partial charge >= 0.3 is 0 Å². The second-order valence-electron chi connectivity index (χ2n) is 8.60. The number of fused-ring (bicyclic) bond motifs is 1. The monoisotopic (exact) mass is 472 g/mol. The second kappa shape index (κ2) is 10.6. The Morgan fingerprint density at radius 2 is 1.97 bits per heavy atom. The fourth-order valence-electron chi connectivity index (χ4n) is 4.24. The maximum atomic E-state index is 14.9. The number of rotatable bonds is 8. The number of aromatic nitrogens is 2. The zero-order chi connectivity index (χ0) is 24.9. The van der Waals surface area contributed by atoms with Crippen molar-refractivity contribution in [3.05, 3.63) is 106 Å². The van der Waals surface area contributed by atoms with Crippen LogP contribution in [0.3, 0.4) is 0 Å². The van der Waals surface area contributed by atoms with E-state index in [9.17, 15) is 8.78 Å². The van der Waals surface area contributed by atoms with Gasteiger partial charge in [-0.15, -0.1) is 0 Å². The van der Waals surface area contributed by atoms with E-state index in [0.717, 1.165) is 23.9 Å². The van der Waals surface area contributed by atoms with E-state index in [1.54, 1.807) is 36.5 Å². The summed E-state index contributed by atoms with van der Waals surface area (Å²) < 4.78 is 31.3. The third kappa shape index (κ3) is 5.11. The van der Waals surface area contributed by atoms with Crippen LogP contribution in [0.5, 0.6) is 0 Å². The van der Waals surface area contributed by atoms with Crippen molar-refractivity contribution in [3.63, 3.8) is 0 Å². The second-order valence-corrected chi connectivity index (χ2v) is 8.60. The van der Waals surface area contributed by atoms with Crippen molar-refractivity contribution < 1.29 is 8.78 Å². The van der Waals surface area contributed by atoms with Crippen molar-refractivity contribution in [2.75, 3.05) is 5.73 Å². The summed E-state index contributed by atoms with van der Waals surface area (Å²) in [5.74, 6) is -0.814. The summed E-state index contributed by atoms with van der Waals surface area (Å²) in [6, 6.07) is 11.5. The van der Waals surface area contributed by atoms with Gasteiger partial charge in [-0.2, -0.15) is 0 Å². The lowest BCUT2D eigenvalue weighted by atomic mass is 10.0. The van der Waals surface area contributed by atoms with Crippen molar-refractivity contribution in [2.45, 2.75) is 39.5 Å². The molecule has 0 saturated carbocycles. The topological polar surface area (TPSA) is 55.9 Å². The Morgan fingerprint density at radius 3 is 2.71 bits per heavy atom. The first-order chi connectivity index (χ1) is 16.9. The van der Waals surface area contributed by atoms with E-state index in [0.29, 0.717) is 34.4 Å². The minimum atomic E-state index is -0.509. The molecular weight excluding hydrogens is 442 g/mol. The molecule has 4 nitrogen and oxygen atoms in total. The van der Waals surface area contributed by atoms with Crippen LogP contribution < -0.4 is 21.9 Å². The van der Waals surface area contributed by atoms with Gasteiger partial charge in [0, 0.05) is 24.6 Å². The van der Waals surface area contributed by atoms with E-state index < -0.39 is 5.82 Å². The first-order valence-electron chi connectivity index (χ1n) is 11.8. The third-order valence-electron chi connectivity index (χ3n) is 6.04. The van der Waals surface area contributed by atoms with Crippen LogP contribution in [0.25, 0.3) is 24.2 Å². The number of nitrogen functional groups attached to an aromatic ring is 1.